The summed E-state index contributed by atoms with van der Waals surface area (Å²) in [6, 6.07) is 3.98. The third-order valence-corrected chi connectivity index (χ3v) is 5.02. The van der Waals surface area contributed by atoms with E-state index >= 15 is 0 Å². The molecule has 21 heavy (non-hydrogen) atoms. The van der Waals surface area contributed by atoms with Crippen molar-refractivity contribution >= 4 is 12.6 Å². The minimum atomic E-state index is 0.0964. The standard InChI is InChI=1S/C17H21NO3/c1-13-14(11-20)3-4-15-16(13)21-12-17(15)5-8-18(9-6-17)7-2-10-19/h3-4,10-11H,2,5-9,12H2,1H3. The first kappa shape index (κ1) is 14.3. The summed E-state index contributed by atoms with van der Waals surface area (Å²) in [6.07, 6.45) is 4.61. The van der Waals surface area contributed by atoms with Crippen LogP contribution in [0, 0.1) is 6.92 Å². The Bertz CT molecular complexity index is 559. The number of piperidine rings is 1. The number of carbonyl (C=O) groups is 2. The van der Waals surface area contributed by atoms with Crippen LogP contribution in [0.1, 0.15) is 40.7 Å². The number of ether oxygens (including phenoxy) is 1. The summed E-state index contributed by atoms with van der Waals surface area (Å²) in [6.45, 7) is 5.54. The maximum Gasteiger partial charge on any atom is 0.150 e. The van der Waals surface area contributed by atoms with E-state index in [4.69, 9.17) is 4.74 Å². The summed E-state index contributed by atoms with van der Waals surface area (Å²) in [5.41, 5.74) is 3.04. The van der Waals surface area contributed by atoms with Crippen molar-refractivity contribution in [2.24, 2.45) is 0 Å². The van der Waals surface area contributed by atoms with Crippen LogP contribution in [-0.2, 0) is 10.2 Å². The molecule has 1 aromatic carbocycles. The number of nitrogens with zero attached hydrogens (tertiary/aromatic N) is 1. The molecule has 4 heteroatoms. The maximum atomic E-state index is 11.0. The topological polar surface area (TPSA) is 46.6 Å². The zero-order valence-electron chi connectivity index (χ0n) is 12.4. The molecular weight excluding hydrogens is 266 g/mol. The van der Waals surface area contributed by atoms with Crippen LogP contribution in [0.15, 0.2) is 12.1 Å². The fraction of sp³-hybridized carbons (Fsp3) is 0.529. The number of rotatable bonds is 4. The Morgan fingerprint density at radius 2 is 2.05 bits per heavy atom. The summed E-state index contributed by atoms with van der Waals surface area (Å²) in [4.78, 5) is 23.9. The minimum Gasteiger partial charge on any atom is -0.492 e. The molecule has 0 bridgehead atoms. The van der Waals surface area contributed by atoms with Crippen LogP contribution in [0.5, 0.6) is 5.75 Å². The van der Waals surface area contributed by atoms with Gasteiger partial charge in [0, 0.05) is 35.1 Å². The molecule has 0 aromatic heterocycles. The molecule has 4 nitrogen and oxygen atoms in total. The molecule has 0 N–H and O–H groups in total. The van der Waals surface area contributed by atoms with Crippen molar-refractivity contribution in [1.29, 1.82) is 0 Å². The molecule has 0 radical (unpaired) electrons. The highest BCUT2D eigenvalue weighted by molar-refractivity contribution is 5.79. The smallest absolute Gasteiger partial charge is 0.150 e. The van der Waals surface area contributed by atoms with Gasteiger partial charge in [-0.05, 0) is 32.9 Å². The molecular formula is C17H21NO3. The highest BCUT2D eigenvalue weighted by Crippen LogP contribution is 2.47. The van der Waals surface area contributed by atoms with Gasteiger partial charge in [-0.3, -0.25) is 4.79 Å². The van der Waals surface area contributed by atoms with Crippen molar-refractivity contribution in [3.8, 4) is 5.75 Å². The molecule has 112 valence electrons. The second kappa shape index (κ2) is 5.60. The van der Waals surface area contributed by atoms with Gasteiger partial charge < -0.3 is 14.4 Å². The Morgan fingerprint density at radius 3 is 2.71 bits per heavy atom. The number of fused-ring (bicyclic) bond motifs is 2. The van der Waals surface area contributed by atoms with Gasteiger partial charge in [0.1, 0.15) is 18.3 Å². The van der Waals surface area contributed by atoms with Crippen molar-refractivity contribution in [3.05, 3.63) is 28.8 Å². The summed E-state index contributed by atoms with van der Waals surface area (Å²) in [7, 11) is 0. The lowest BCUT2D eigenvalue weighted by molar-refractivity contribution is -0.108. The van der Waals surface area contributed by atoms with E-state index in [1.807, 2.05) is 13.0 Å². The van der Waals surface area contributed by atoms with Crippen LogP contribution in [0.2, 0.25) is 0 Å². The molecule has 0 unspecified atom stereocenters. The van der Waals surface area contributed by atoms with E-state index in [0.29, 0.717) is 18.6 Å². The average Bonchev–Trinajstić information content (AvgIpc) is 2.87. The fourth-order valence-electron chi connectivity index (χ4n) is 3.58. The molecule has 1 saturated heterocycles. The third kappa shape index (κ3) is 2.38. The van der Waals surface area contributed by atoms with Crippen LogP contribution >= 0.6 is 0 Å². The highest BCUT2D eigenvalue weighted by atomic mass is 16.5. The maximum absolute atomic E-state index is 11.0. The molecule has 0 aliphatic carbocycles. The number of carbonyl (C=O) groups excluding carboxylic acids is 2. The molecule has 0 amide bonds. The van der Waals surface area contributed by atoms with Gasteiger partial charge in [0.2, 0.25) is 0 Å². The highest BCUT2D eigenvalue weighted by Gasteiger charge is 2.43. The minimum absolute atomic E-state index is 0.0964. The predicted octanol–water partition coefficient (Wildman–Crippen LogP) is 2.12. The van der Waals surface area contributed by atoms with Gasteiger partial charge in [0.15, 0.2) is 0 Å². The Morgan fingerprint density at radius 1 is 1.29 bits per heavy atom. The lowest BCUT2D eigenvalue weighted by atomic mass is 9.74. The van der Waals surface area contributed by atoms with Crippen molar-refractivity contribution in [1.82, 2.24) is 4.90 Å². The molecule has 3 rings (SSSR count). The largest absolute Gasteiger partial charge is 0.492 e. The third-order valence-electron chi connectivity index (χ3n) is 5.02. The first-order chi connectivity index (χ1) is 10.2. The normalized spacial score (nSPS) is 20.0. The van der Waals surface area contributed by atoms with E-state index in [1.54, 1.807) is 0 Å². The second-order valence-electron chi connectivity index (χ2n) is 6.14. The second-order valence-corrected chi connectivity index (χ2v) is 6.14. The van der Waals surface area contributed by atoms with Crippen molar-refractivity contribution in [3.63, 3.8) is 0 Å². The molecule has 0 atom stereocenters. The number of hydrogen-bond donors (Lipinski definition) is 0. The molecule has 1 spiro atoms. The summed E-state index contributed by atoms with van der Waals surface area (Å²) in [5, 5.41) is 0. The van der Waals surface area contributed by atoms with E-state index in [0.717, 1.165) is 56.4 Å². The van der Waals surface area contributed by atoms with Gasteiger partial charge in [-0.15, -0.1) is 0 Å². The van der Waals surface area contributed by atoms with Crippen LogP contribution in [0.4, 0.5) is 0 Å². The molecule has 2 aliphatic rings. The van der Waals surface area contributed by atoms with Crippen molar-refractivity contribution in [2.45, 2.75) is 31.6 Å². The zero-order valence-corrected chi connectivity index (χ0v) is 12.4. The van der Waals surface area contributed by atoms with Gasteiger partial charge >= 0.3 is 0 Å². The van der Waals surface area contributed by atoms with E-state index in [2.05, 4.69) is 11.0 Å². The van der Waals surface area contributed by atoms with Gasteiger partial charge in [-0.2, -0.15) is 0 Å². The summed E-state index contributed by atoms with van der Waals surface area (Å²) >= 11 is 0. The Labute approximate surface area is 125 Å². The van der Waals surface area contributed by atoms with Crippen molar-refractivity contribution < 1.29 is 14.3 Å². The quantitative estimate of drug-likeness (QED) is 0.796. The van der Waals surface area contributed by atoms with E-state index < -0.39 is 0 Å². The first-order valence-electron chi connectivity index (χ1n) is 7.58. The molecule has 2 heterocycles. The van der Waals surface area contributed by atoms with Gasteiger partial charge in [-0.25, -0.2) is 0 Å². The Kier molecular flexibility index (Phi) is 3.81. The average molecular weight is 287 g/mol. The van der Waals surface area contributed by atoms with Gasteiger partial charge in [0.05, 0.1) is 6.61 Å². The molecule has 2 aliphatic heterocycles. The van der Waals surface area contributed by atoms with Crippen LogP contribution in [0.3, 0.4) is 0 Å². The Hall–Kier alpha value is -1.68. The van der Waals surface area contributed by atoms with Crippen molar-refractivity contribution in [2.75, 3.05) is 26.2 Å². The van der Waals surface area contributed by atoms with Crippen LogP contribution in [0.25, 0.3) is 0 Å². The van der Waals surface area contributed by atoms with Gasteiger partial charge in [0.25, 0.3) is 0 Å². The number of aldehydes is 2. The van der Waals surface area contributed by atoms with E-state index in [1.165, 1.54) is 5.56 Å². The van der Waals surface area contributed by atoms with E-state index in [-0.39, 0.29) is 5.41 Å². The summed E-state index contributed by atoms with van der Waals surface area (Å²) < 4.78 is 5.95. The van der Waals surface area contributed by atoms with Gasteiger partial charge in [-0.1, -0.05) is 12.1 Å². The monoisotopic (exact) mass is 287 g/mol. The number of benzene rings is 1. The SMILES string of the molecule is Cc1c(C=O)ccc2c1OCC21CCN(CCC=O)CC1. The first-order valence-corrected chi connectivity index (χ1v) is 7.58. The zero-order chi connectivity index (χ0) is 14.9. The Balaban J connectivity index is 1.80. The predicted molar refractivity (Wildman–Crippen MR) is 80.1 cm³/mol. The molecule has 1 fully saturated rings. The van der Waals surface area contributed by atoms with Crippen LogP contribution in [-0.4, -0.2) is 43.7 Å². The number of likely N-dealkylation sites (tertiary alicyclic amines) is 1. The molecule has 1 aromatic rings. The lowest BCUT2D eigenvalue weighted by Crippen LogP contribution is -2.43. The van der Waals surface area contributed by atoms with E-state index in [9.17, 15) is 9.59 Å². The lowest BCUT2D eigenvalue weighted by Gasteiger charge is -2.38. The fourth-order valence-corrected chi connectivity index (χ4v) is 3.58. The molecule has 0 saturated carbocycles. The number of hydrogen-bond acceptors (Lipinski definition) is 4. The van der Waals surface area contributed by atoms with Crippen LogP contribution < -0.4 is 4.74 Å². The summed E-state index contributed by atoms with van der Waals surface area (Å²) in [5.74, 6) is 0.918.